The van der Waals surface area contributed by atoms with Crippen molar-refractivity contribution in [1.82, 2.24) is 5.32 Å². The van der Waals surface area contributed by atoms with E-state index >= 15 is 0 Å². The molecule has 0 amide bonds. The Labute approximate surface area is 185 Å². The SMILES string of the molecule is Cc1cc([N+](=O)[O-])cc(C)c1OC(=O)CCCCCNCc1ccc(C(C)(C)C)cc1. The standard InChI is InChI=1S/C25H34N2O4/c1-18-15-22(27(29)30)16-19(2)24(18)31-23(28)9-7-6-8-14-26-17-20-10-12-21(13-11-20)25(3,4)5/h10-13,15-16,26H,6-9,14,17H2,1-5H3. The van der Waals surface area contributed by atoms with Crippen LogP contribution in [0, 0.1) is 24.0 Å². The highest BCUT2D eigenvalue weighted by atomic mass is 16.6. The fourth-order valence-corrected chi connectivity index (χ4v) is 3.41. The number of non-ortho nitro benzene ring substituents is 1. The molecule has 2 aromatic rings. The van der Waals surface area contributed by atoms with Gasteiger partial charge < -0.3 is 10.1 Å². The van der Waals surface area contributed by atoms with E-state index in [2.05, 4.69) is 50.4 Å². The number of carbonyl (C=O) groups excluding carboxylic acids is 1. The molecule has 0 fully saturated rings. The Balaban J connectivity index is 1.65. The van der Waals surface area contributed by atoms with Gasteiger partial charge in [-0.3, -0.25) is 14.9 Å². The molecule has 0 bridgehead atoms. The Bertz CT molecular complexity index is 876. The molecule has 0 spiro atoms. The van der Waals surface area contributed by atoms with Crippen LogP contribution in [0.3, 0.4) is 0 Å². The molecule has 0 saturated carbocycles. The van der Waals surface area contributed by atoms with Gasteiger partial charge in [-0.25, -0.2) is 0 Å². The minimum absolute atomic E-state index is 0.00689. The number of esters is 1. The van der Waals surface area contributed by atoms with Crippen molar-refractivity contribution in [3.8, 4) is 5.75 Å². The summed E-state index contributed by atoms with van der Waals surface area (Å²) in [5.74, 6) is 0.127. The molecular weight excluding hydrogens is 392 g/mol. The lowest BCUT2D eigenvalue weighted by atomic mass is 9.87. The molecule has 0 aliphatic rings. The smallest absolute Gasteiger partial charge is 0.311 e. The number of unbranched alkanes of at least 4 members (excludes halogenated alkanes) is 2. The maximum Gasteiger partial charge on any atom is 0.311 e. The topological polar surface area (TPSA) is 81.5 Å². The molecule has 2 rings (SSSR count). The summed E-state index contributed by atoms with van der Waals surface area (Å²) < 4.78 is 5.45. The third-order valence-electron chi connectivity index (χ3n) is 5.26. The number of aryl methyl sites for hydroxylation is 2. The number of nitro benzene ring substituents is 1. The van der Waals surface area contributed by atoms with Gasteiger partial charge in [0.05, 0.1) is 4.92 Å². The fraction of sp³-hybridized carbons (Fsp3) is 0.480. The van der Waals surface area contributed by atoms with Gasteiger partial charge in [0.15, 0.2) is 0 Å². The van der Waals surface area contributed by atoms with Crippen LogP contribution in [0.4, 0.5) is 5.69 Å². The van der Waals surface area contributed by atoms with Crippen molar-refractivity contribution < 1.29 is 14.5 Å². The molecule has 6 heteroatoms. The minimum Gasteiger partial charge on any atom is -0.426 e. The molecule has 0 saturated heterocycles. The average molecular weight is 427 g/mol. The van der Waals surface area contributed by atoms with Crippen molar-refractivity contribution in [3.05, 3.63) is 68.8 Å². The first-order valence-electron chi connectivity index (χ1n) is 10.8. The lowest BCUT2D eigenvalue weighted by Crippen LogP contribution is -2.16. The molecule has 2 aromatic carbocycles. The number of hydrogen-bond acceptors (Lipinski definition) is 5. The van der Waals surface area contributed by atoms with E-state index in [-0.39, 0.29) is 17.1 Å². The Kier molecular flexibility index (Phi) is 8.75. The highest BCUT2D eigenvalue weighted by Crippen LogP contribution is 2.28. The summed E-state index contributed by atoms with van der Waals surface area (Å²) in [5, 5.41) is 14.4. The molecule has 6 nitrogen and oxygen atoms in total. The van der Waals surface area contributed by atoms with Gasteiger partial charge in [-0.15, -0.1) is 0 Å². The summed E-state index contributed by atoms with van der Waals surface area (Å²) in [6.07, 6.45) is 3.02. The molecule has 31 heavy (non-hydrogen) atoms. The van der Waals surface area contributed by atoms with Crippen LogP contribution in [0.2, 0.25) is 0 Å². The van der Waals surface area contributed by atoms with Gasteiger partial charge in [0, 0.05) is 25.1 Å². The fourth-order valence-electron chi connectivity index (χ4n) is 3.41. The average Bonchev–Trinajstić information content (AvgIpc) is 2.69. The van der Waals surface area contributed by atoms with Crippen LogP contribution in [-0.2, 0) is 16.8 Å². The highest BCUT2D eigenvalue weighted by Gasteiger charge is 2.16. The van der Waals surface area contributed by atoms with Crippen molar-refractivity contribution in [3.63, 3.8) is 0 Å². The summed E-state index contributed by atoms with van der Waals surface area (Å²) in [4.78, 5) is 22.6. The van der Waals surface area contributed by atoms with E-state index in [9.17, 15) is 14.9 Å². The monoisotopic (exact) mass is 426 g/mol. The Morgan fingerprint density at radius 3 is 2.19 bits per heavy atom. The zero-order valence-corrected chi connectivity index (χ0v) is 19.3. The van der Waals surface area contributed by atoms with E-state index in [1.165, 1.54) is 23.3 Å². The summed E-state index contributed by atoms with van der Waals surface area (Å²) >= 11 is 0. The molecule has 1 N–H and O–H groups in total. The van der Waals surface area contributed by atoms with E-state index < -0.39 is 4.92 Å². The maximum atomic E-state index is 12.1. The van der Waals surface area contributed by atoms with E-state index in [1.807, 2.05) is 0 Å². The van der Waals surface area contributed by atoms with Crippen molar-refractivity contribution in [2.75, 3.05) is 6.54 Å². The van der Waals surface area contributed by atoms with Gasteiger partial charge >= 0.3 is 5.97 Å². The normalized spacial score (nSPS) is 11.4. The predicted molar refractivity (Wildman–Crippen MR) is 124 cm³/mol. The summed E-state index contributed by atoms with van der Waals surface area (Å²) in [6.45, 7) is 11.8. The van der Waals surface area contributed by atoms with Crippen molar-refractivity contribution in [1.29, 1.82) is 0 Å². The number of carbonyl (C=O) groups is 1. The largest absolute Gasteiger partial charge is 0.426 e. The van der Waals surface area contributed by atoms with Crippen molar-refractivity contribution in [2.45, 2.75) is 72.3 Å². The van der Waals surface area contributed by atoms with Crippen LogP contribution in [-0.4, -0.2) is 17.4 Å². The first-order valence-corrected chi connectivity index (χ1v) is 10.8. The van der Waals surface area contributed by atoms with Gasteiger partial charge in [-0.2, -0.15) is 0 Å². The highest BCUT2D eigenvalue weighted by molar-refractivity contribution is 5.73. The Hall–Kier alpha value is -2.73. The number of nitro groups is 1. The zero-order valence-electron chi connectivity index (χ0n) is 19.3. The van der Waals surface area contributed by atoms with Crippen molar-refractivity contribution in [2.24, 2.45) is 0 Å². The lowest BCUT2D eigenvalue weighted by molar-refractivity contribution is -0.385. The second kappa shape index (κ2) is 11.0. The van der Waals surface area contributed by atoms with Crippen LogP contribution in [0.15, 0.2) is 36.4 Å². The van der Waals surface area contributed by atoms with Crippen LogP contribution >= 0.6 is 0 Å². The second-order valence-corrected chi connectivity index (χ2v) is 9.07. The molecule has 0 aliphatic carbocycles. The van der Waals surface area contributed by atoms with Crippen LogP contribution in [0.5, 0.6) is 5.75 Å². The molecule has 0 heterocycles. The Morgan fingerprint density at radius 1 is 1.03 bits per heavy atom. The molecule has 0 aliphatic heterocycles. The first kappa shape index (κ1) is 24.5. The van der Waals surface area contributed by atoms with Crippen molar-refractivity contribution >= 4 is 11.7 Å². The molecule has 0 radical (unpaired) electrons. The molecular formula is C25H34N2O4. The minimum atomic E-state index is -0.444. The molecule has 0 unspecified atom stereocenters. The summed E-state index contributed by atoms with van der Waals surface area (Å²) in [5.41, 5.74) is 3.97. The molecule has 0 aromatic heterocycles. The predicted octanol–water partition coefficient (Wildman–Crippen LogP) is 5.76. The van der Waals surface area contributed by atoms with Gasteiger partial charge in [0.1, 0.15) is 5.75 Å². The van der Waals surface area contributed by atoms with Gasteiger partial charge in [-0.05, 0) is 60.9 Å². The van der Waals surface area contributed by atoms with Gasteiger partial charge in [-0.1, -0.05) is 51.5 Å². The van der Waals surface area contributed by atoms with Crippen LogP contribution < -0.4 is 10.1 Å². The van der Waals surface area contributed by atoms with Crippen LogP contribution in [0.25, 0.3) is 0 Å². The zero-order chi connectivity index (χ0) is 23.0. The van der Waals surface area contributed by atoms with Crippen LogP contribution in [0.1, 0.15) is 68.7 Å². The third-order valence-corrected chi connectivity index (χ3v) is 5.26. The van der Waals surface area contributed by atoms with E-state index in [0.29, 0.717) is 23.3 Å². The number of nitrogens with zero attached hydrogens (tertiary/aromatic N) is 1. The number of rotatable bonds is 10. The number of hydrogen-bond donors (Lipinski definition) is 1. The third kappa shape index (κ3) is 7.79. The second-order valence-electron chi connectivity index (χ2n) is 9.07. The molecule has 0 atom stereocenters. The van der Waals surface area contributed by atoms with E-state index in [1.54, 1.807) is 13.8 Å². The number of benzene rings is 2. The van der Waals surface area contributed by atoms with E-state index in [0.717, 1.165) is 32.4 Å². The quantitative estimate of drug-likeness (QED) is 0.172. The van der Waals surface area contributed by atoms with Gasteiger partial charge in [0.25, 0.3) is 5.69 Å². The molecule has 168 valence electrons. The summed E-state index contributed by atoms with van der Waals surface area (Å²) in [6, 6.07) is 11.6. The number of nitrogens with one attached hydrogen (secondary N) is 1. The lowest BCUT2D eigenvalue weighted by Gasteiger charge is -2.19. The number of ether oxygens (including phenoxy) is 1. The summed E-state index contributed by atoms with van der Waals surface area (Å²) in [7, 11) is 0. The Morgan fingerprint density at radius 2 is 1.65 bits per heavy atom. The first-order chi connectivity index (χ1) is 14.6. The van der Waals surface area contributed by atoms with Gasteiger partial charge in [0.2, 0.25) is 0 Å². The maximum absolute atomic E-state index is 12.1. The van der Waals surface area contributed by atoms with E-state index in [4.69, 9.17) is 4.74 Å².